The van der Waals surface area contributed by atoms with Gasteiger partial charge in [0.2, 0.25) is 0 Å². The van der Waals surface area contributed by atoms with Crippen LogP contribution in [0.3, 0.4) is 0 Å². The van der Waals surface area contributed by atoms with Crippen molar-refractivity contribution in [1.82, 2.24) is 0 Å². The first-order chi connectivity index (χ1) is 6.34. The van der Waals surface area contributed by atoms with Crippen LogP contribution in [0.15, 0.2) is 4.40 Å². The van der Waals surface area contributed by atoms with Crippen molar-refractivity contribution in [1.29, 1.82) is 0 Å². The van der Waals surface area contributed by atoms with Crippen LogP contribution in [0.25, 0.3) is 0 Å². The number of hydrogen-bond acceptors (Lipinski definition) is 2. The van der Waals surface area contributed by atoms with Crippen LogP contribution >= 0.6 is 0 Å². The molecule has 0 amide bonds. The summed E-state index contributed by atoms with van der Waals surface area (Å²) in [6.07, 6.45) is 5.11. The minimum atomic E-state index is -1.08. The Kier molecular flexibility index (Phi) is 6.45. The van der Waals surface area contributed by atoms with Crippen molar-refractivity contribution in [3.8, 4) is 0 Å². The summed E-state index contributed by atoms with van der Waals surface area (Å²) in [5.41, 5.74) is 0. The molecule has 1 unspecified atom stereocenters. The first kappa shape index (κ1) is 14.0. The van der Waals surface area contributed by atoms with E-state index in [9.17, 15) is 4.55 Å². The highest BCUT2D eigenvalue weighted by Gasteiger charge is 2.25. The molecule has 14 heavy (non-hydrogen) atoms. The maximum absolute atomic E-state index is 11.5. The highest BCUT2D eigenvalue weighted by Crippen LogP contribution is 2.16. The Morgan fingerprint density at radius 3 is 2.36 bits per heavy atom. The van der Waals surface area contributed by atoms with Crippen molar-refractivity contribution in [2.24, 2.45) is 10.3 Å². The molecule has 0 aromatic carbocycles. The van der Waals surface area contributed by atoms with E-state index in [1.165, 1.54) is 6.42 Å². The fourth-order valence-corrected chi connectivity index (χ4v) is 1.45. The van der Waals surface area contributed by atoms with Crippen LogP contribution in [0.1, 0.15) is 53.9 Å². The van der Waals surface area contributed by atoms with Crippen LogP contribution in [0, 0.1) is 5.92 Å². The van der Waals surface area contributed by atoms with Gasteiger partial charge in [0, 0.05) is 0 Å². The maximum Gasteiger partial charge on any atom is 0.144 e. The van der Waals surface area contributed by atoms with Crippen molar-refractivity contribution in [3.63, 3.8) is 0 Å². The van der Waals surface area contributed by atoms with Crippen LogP contribution < -0.4 is 0 Å². The van der Waals surface area contributed by atoms with Gasteiger partial charge < -0.3 is 4.55 Å². The molecule has 84 valence electrons. The summed E-state index contributed by atoms with van der Waals surface area (Å²) in [6.45, 7) is 10.2. The van der Waals surface area contributed by atoms with Crippen LogP contribution in [0.5, 0.6) is 0 Å². The summed E-state index contributed by atoms with van der Waals surface area (Å²) in [5, 5.41) is 0. The number of nitrogens with zero attached hydrogens (tertiary/aromatic N) is 1. The van der Waals surface area contributed by atoms with Gasteiger partial charge in [0.1, 0.15) is 16.1 Å². The van der Waals surface area contributed by atoms with Crippen molar-refractivity contribution in [2.45, 2.75) is 58.6 Å². The van der Waals surface area contributed by atoms with Crippen LogP contribution in [0.4, 0.5) is 0 Å². The van der Waals surface area contributed by atoms with Crippen molar-refractivity contribution >= 4 is 17.6 Å². The molecule has 1 atom stereocenters. The lowest BCUT2D eigenvalue weighted by molar-refractivity contribution is 0.560. The second-order valence-corrected chi connectivity index (χ2v) is 6.91. The van der Waals surface area contributed by atoms with Gasteiger partial charge in [-0.3, -0.25) is 0 Å². The minimum absolute atomic E-state index is 0.228. The van der Waals surface area contributed by atoms with Crippen molar-refractivity contribution < 1.29 is 4.55 Å². The van der Waals surface area contributed by atoms with E-state index in [1.54, 1.807) is 0 Å². The van der Waals surface area contributed by atoms with Gasteiger partial charge in [0.15, 0.2) is 0 Å². The second kappa shape index (κ2) is 6.46. The minimum Gasteiger partial charge on any atom is -0.591 e. The largest absolute Gasteiger partial charge is 0.591 e. The Morgan fingerprint density at radius 1 is 1.36 bits per heavy atom. The Labute approximate surface area is 91.5 Å². The van der Waals surface area contributed by atoms with Crippen molar-refractivity contribution in [2.75, 3.05) is 0 Å². The fraction of sp³-hybridized carbons (Fsp3) is 0.909. The third-order valence-electron chi connectivity index (χ3n) is 1.81. The average molecular weight is 217 g/mol. The molecule has 0 aliphatic rings. The molecule has 2 nitrogen and oxygen atoms in total. The quantitative estimate of drug-likeness (QED) is 0.395. The van der Waals surface area contributed by atoms with Crippen LogP contribution in [0.2, 0.25) is 0 Å². The monoisotopic (exact) mass is 217 g/mol. The lowest BCUT2D eigenvalue weighted by atomic mass is 10.1. The van der Waals surface area contributed by atoms with E-state index in [0.29, 0.717) is 0 Å². The normalized spacial score (nSPS) is 15.4. The molecule has 3 heteroatoms. The summed E-state index contributed by atoms with van der Waals surface area (Å²) in [6, 6.07) is 0. The van der Waals surface area contributed by atoms with E-state index >= 15 is 0 Å². The van der Waals surface area contributed by atoms with Gasteiger partial charge in [-0.05, 0) is 39.5 Å². The van der Waals surface area contributed by atoms with E-state index in [4.69, 9.17) is 0 Å². The molecule has 0 aliphatic carbocycles. The standard InChI is InChI=1S/C11H23NOS/c1-10(2)8-6-7-9-12-14(13)11(3,4)5/h9-10H,6-8H2,1-5H3/b12-9+. The molecule has 0 bridgehead atoms. The highest BCUT2D eigenvalue weighted by atomic mass is 32.2. The van der Waals surface area contributed by atoms with Gasteiger partial charge in [-0.2, -0.15) is 0 Å². The van der Waals surface area contributed by atoms with Gasteiger partial charge in [-0.25, -0.2) is 0 Å². The molecule has 0 aromatic rings. The summed E-state index contributed by atoms with van der Waals surface area (Å²) in [4.78, 5) is 0. The van der Waals surface area contributed by atoms with Gasteiger partial charge >= 0.3 is 0 Å². The molecular formula is C11H23NOS. The van der Waals surface area contributed by atoms with Crippen molar-refractivity contribution in [3.05, 3.63) is 0 Å². The van der Waals surface area contributed by atoms with Gasteiger partial charge in [-0.15, -0.1) is 0 Å². The highest BCUT2D eigenvalue weighted by molar-refractivity contribution is 7.91. The number of hydrogen-bond donors (Lipinski definition) is 0. The zero-order chi connectivity index (χ0) is 11.2. The SMILES string of the molecule is CC(C)CCC/C=N/[S+]([O-])C(C)(C)C. The number of rotatable bonds is 5. The van der Waals surface area contributed by atoms with E-state index in [1.807, 2.05) is 27.0 Å². The first-order valence-corrected chi connectivity index (χ1v) is 6.39. The Hall–Kier alpha value is -0.0200. The molecular weight excluding hydrogens is 194 g/mol. The molecule has 0 rings (SSSR count). The molecule has 0 saturated carbocycles. The van der Waals surface area contributed by atoms with E-state index in [0.717, 1.165) is 18.8 Å². The van der Waals surface area contributed by atoms with Gasteiger partial charge in [0.05, 0.1) is 6.21 Å². The zero-order valence-corrected chi connectivity index (χ0v) is 10.9. The third kappa shape index (κ3) is 7.39. The van der Waals surface area contributed by atoms with E-state index < -0.39 is 11.4 Å². The molecule has 0 aliphatic heterocycles. The molecule has 0 saturated heterocycles. The topological polar surface area (TPSA) is 35.4 Å². The van der Waals surface area contributed by atoms with E-state index in [2.05, 4.69) is 18.2 Å². The molecule has 0 aromatic heterocycles. The molecule has 0 heterocycles. The summed E-state index contributed by atoms with van der Waals surface area (Å²) in [7, 11) is 0. The lowest BCUT2D eigenvalue weighted by Gasteiger charge is -2.17. The Bertz CT molecular complexity index is 173. The van der Waals surface area contributed by atoms with Crippen LogP contribution in [-0.2, 0) is 11.4 Å². The summed E-state index contributed by atoms with van der Waals surface area (Å²) < 4.78 is 15.3. The van der Waals surface area contributed by atoms with E-state index in [-0.39, 0.29) is 4.75 Å². The third-order valence-corrected chi connectivity index (χ3v) is 3.20. The first-order valence-electron chi connectivity index (χ1n) is 5.28. The lowest BCUT2D eigenvalue weighted by Crippen LogP contribution is -2.25. The molecule has 0 fully saturated rings. The fourth-order valence-electron chi connectivity index (χ4n) is 0.896. The Balaban J connectivity index is 3.63. The maximum atomic E-state index is 11.5. The summed E-state index contributed by atoms with van der Waals surface area (Å²) >= 11 is -1.08. The molecule has 0 spiro atoms. The smallest absolute Gasteiger partial charge is 0.144 e. The molecule has 0 radical (unpaired) electrons. The van der Waals surface area contributed by atoms with Crippen LogP contribution in [-0.4, -0.2) is 15.5 Å². The number of unbranched alkanes of at least 4 members (excludes halogenated alkanes) is 1. The van der Waals surface area contributed by atoms with Gasteiger partial charge in [-0.1, -0.05) is 24.7 Å². The average Bonchev–Trinajstić information content (AvgIpc) is 2.01. The predicted molar refractivity (Wildman–Crippen MR) is 65.1 cm³/mol. The zero-order valence-electron chi connectivity index (χ0n) is 10.0. The predicted octanol–water partition coefficient (Wildman–Crippen LogP) is 3.35. The summed E-state index contributed by atoms with van der Waals surface area (Å²) in [5.74, 6) is 0.747. The Morgan fingerprint density at radius 2 is 1.93 bits per heavy atom. The molecule has 0 N–H and O–H groups in total. The second-order valence-electron chi connectivity index (χ2n) is 4.97. The van der Waals surface area contributed by atoms with Gasteiger partial charge in [0.25, 0.3) is 0 Å².